The van der Waals surface area contributed by atoms with Crippen LogP contribution >= 0.6 is 0 Å². The maximum Gasteiger partial charge on any atom is 0.338 e. The molecule has 1 aromatic carbocycles. The Kier molecular flexibility index (Phi) is 5.50. The van der Waals surface area contributed by atoms with E-state index >= 15 is 0 Å². The number of benzene rings is 1. The van der Waals surface area contributed by atoms with E-state index < -0.39 is 0 Å². The zero-order valence-corrected chi connectivity index (χ0v) is 18.0. The number of cyclic esters (lactones) is 1. The molecule has 0 amide bonds. The summed E-state index contributed by atoms with van der Waals surface area (Å²) in [6, 6.07) is 7.65. The Morgan fingerprint density at radius 2 is 1.88 bits per heavy atom. The summed E-state index contributed by atoms with van der Waals surface area (Å²) in [7, 11) is 1.73. The van der Waals surface area contributed by atoms with Crippen LogP contribution in [0.15, 0.2) is 30.6 Å². The second kappa shape index (κ2) is 8.60. The van der Waals surface area contributed by atoms with Gasteiger partial charge in [-0.3, -0.25) is 4.90 Å². The minimum Gasteiger partial charge on any atom is -0.457 e. The van der Waals surface area contributed by atoms with Crippen LogP contribution in [0, 0.1) is 6.92 Å². The molecule has 1 atom stereocenters. The molecule has 0 N–H and O–H groups in total. The molecule has 4 heterocycles. The van der Waals surface area contributed by atoms with E-state index in [9.17, 15) is 4.79 Å². The molecule has 0 saturated carbocycles. The number of carbonyl (C=O) groups excluding carboxylic acids is 1. The standard InChI is InChI=1S/C21H24N8O3/c1-14-15(3-4-16-17(14)12-32-21(16)30)18(31-2)11-27-7-9-28(10-8-27)19-5-6-20(24-23-19)29-13-22-25-26-29/h3-6,13,18H,7-12H2,1-2H3/t18-/m0/s1. The summed E-state index contributed by atoms with van der Waals surface area (Å²) in [5, 5.41) is 19.6. The molecule has 0 unspecified atom stereocenters. The molecule has 3 aromatic rings. The second-order valence-electron chi connectivity index (χ2n) is 7.90. The highest BCUT2D eigenvalue weighted by Gasteiger charge is 2.28. The van der Waals surface area contributed by atoms with Crippen molar-refractivity contribution in [3.05, 3.63) is 52.8 Å². The predicted octanol–water partition coefficient (Wildman–Crippen LogP) is 0.941. The molecular weight excluding hydrogens is 412 g/mol. The zero-order valence-electron chi connectivity index (χ0n) is 18.0. The molecule has 1 fully saturated rings. The van der Waals surface area contributed by atoms with Crippen molar-refractivity contribution in [3.63, 3.8) is 0 Å². The van der Waals surface area contributed by atoms with Gasteiger partial charge in [-0.2, -0.15) is 4.68 Å². The molecule has 0 spiro atoms. The molecule has 11 nitrogen and oxygen atoms in total. The molecule has 11 heteroatoms. The number of esters is 1. The third kappa shape index (κ3) is 3.80. The lowest BCUT2D eigenvalue weighted by Crippen LogP contribution is -2.48. The molecule has 0 radical (unpaired) electrons. The smallest absolute Gasteiger partial charge is 0.338 e. The molecule has 166 valence electrons. The first-order valence-electron chi connectivity index (χ1n) is 10.5. The average Bonchev–Trinajstić information content (AvgIpc) is 3.50. The third-order valence-electron chi connectivity index (χ3n) is 6.18. The number of hydrogen-bond donors (Lipinski definition) is 0. The van der Waals surface area contributed by atoms with Crippen molar-refractivity contribution in [2.75, 3.05) is 44.7 Å². The summed E-state index contributed by atoms with van der Waals surface area (Å²) in [6.07, 6.45) is 1.42. The number of rotatable bonds is 6. The number of methoxy groups -OCH3 is 1. The van der Waals surface area contributed by atoms with Crippen molar-refractivity contribution in [1.82, 2.24) is 35.3 Å². The number of piperazine rings is 1. The van der Waals surface area contributed by atoms with Gasteiger partial charge in [-0.25, -0.2) is 4.79 Å². The SMILES string of the molecule is CO[C@@H](CN1CCN(c2ccc(-n3cnnn3)nn2)CC1)c1ccc2c(c1C)COC2=O. The first-order chi connectivity index (χ1) is 15.6. The van der Waals surface area contributed by atoms with Gasteiger partial charge in [0.2, 0.25) is 0 Å². The van der Waals surface area contributed by atoms with Gasteiger partial charge in [0.25, 0.3) is 0 Å². The van der Waals surface area contributed by atoms with Gasteiger partial charge in [0.1, 0.15) is 12.9 Å². The van der Waals surface area contributed by atoms with E-state index in [0.29, 0.717) is 18.0 Å². The molecule has 2 aromatic heterocycles. The highest BCUT2D eigenvalue weighted by atomic mass is 16.5. The minimum atomic E-state index is -0.242. The maximum atomic E-state index is 11.8. The predicted molar refractivity (Wildman–Crippen MR) is 113 cm³/mol. The Labute approximate surface area is 184 Å². The van der Waals surface area contributed by atoms with Crippen LogP contribution in [0.4, 0.5) is 5.82 Å². The second-order valence-corrected chi connectivity index (χ2v) is 7.90. The van der Waals surface area contributed by atoms with Crippen molar-refractivity contribution >= 4 is 11.8 Å². The van der Waals surface area contributed by atoms with Crippen LogP contribution in [0.2, 0.25) is 0 Å². The van der Waals surface area contributed by atoms with Crippen molar-refractivity contribution in [3.8, 4) is 5.82 Å². The average molecular weight is 436 g/mol. The van der Waals surface area contributed by atoms with E-state index in [4.69, 9.17) is 9.47 Å². The number of nitrogens with zero attached hydrogens (tertiary/aromatic N) is 8. The van der Waals surface area contributed by atoms with Crippen LogP contribution < -0.4 is 4.90 Å². The Morgan fingerprint density at radius 1 is 1.09 bits per heavy atom. The van der Waals surface area contributed by atoms with E-state index in [0.717, 1.165) is 55.2 Å². The van der Waals surface area contributed by atoms with Gasteiger partial charge in [0, 0.05) is 45.4 Å². The van der Waals surface area contributed by atoms with E-state index in [1.54, 1.807) is 7.11 Å². The number of fused-ring (bicyclic) bond motifs is 1. The van der Waals surface area contributed by atoms with Crippen molar-refractivity contribution in [2.45, 2.75) is 19.6 Å². The first-order valence-corrected chi connectivity index (χ1v) is 10.5. The quantitative estimate of drug-likeness (QED) is 0.518. The fourth-order valence-corrected chi connectivity index (χ4v) is 4.29. The highest BCUT2D eigenvalue weighted by molar-refractivity contribution is 5.93. The van der Waals surface area contributed by atoms with E-state index in [1.165, 1.54) is 11.0 Å². The summed E-state index contributed by atoms with van der Waals surface area (Å²) in [6.45, 7) is 6.64. The Hall–Kier alpha value is -3.44. The van der Waals surface area contributed by atoms with Crippen LogP contribution in [0.25, 0.3) is 5.82 Å². The lowest BCUT2D eigenvalue weighted by atomic mass is 9.95. The molecule has 32 heavy (non-hydrogen) atoms. The molecule has 0 bridgehead atoms. The number of hydrogen-bond acceptors (Lipinski definition) is 10. The highest BCUT2D eigenvalue weighted by Crippen LogP contribution is 2.31. The largest absolute Gasteiger partial charge is 0.457 e. The molecule has 0 aliphatic carbocycles. The van der Waals surface area contributed by atoms with Crippen LogP contribution in [0.5, 0.6) is 0 Å². The van der Waals surface area contributed by atoms with Gasteiger partial charge in [-0.1, -0.05) is 6.07 Å². The monoisotopic (exact) mass is 436 g/mol. The molecule has 2 aliphatic heterocycles. The number of anilines is 1. The van der Waals surface area contributed by atoms with E-state index in [2.05, 4.69) is 35.5 Å². The Bertz CT molecular complexity index is 1090. The first kappa shape index (κ1) is 20.5. The van der Waals surface area contributed by atoms with Crippen LogP contribution in [0.1, 0.15) is 33.2 Å². The van der Waals surface area contributed by atoms with Gasteiger partial charge in [0.15, 0.2) is 11.6 Å². The van der Waals surface area contributed by atoms with E-state index in [-0.39, 0.29) is 12.1 Å². The van der Waals surface area contributed by atoms with Crippen LogP contribution in [-0.2, 0) is 16.1 Å². The summed E-state index contributed by atoms with van der Waals surface area (Å²) < 4.78 is 12.5. The van der Waals surface area contributed by atoms with Gasteiger partial charge >= 0.3 is 5.97 Å². The summed E-state index contributed by atoms with van der Waals surface area (Å²) in [5.74, 6) is 1.18. The number of ether oxygens (including phenoxy) is 2. The number of tetrazole rings is 1. The maximum absolute atomic E-state index is 11.8. The number of aromatic nitrogens is 6. The van der Waals surface area contributed by atoms with Crippen LogP contribution in [-0.4, -0.2) is 81.1 Å². The van der Waals surface area contributed by atoms with Gasteiger partial charge in [0.05, 0.1) is 11.7 Å². The minimum absolute atomic E-state index is 0.0714. The molecule has 2 aliphatic rings. The van der Waals surface area contributed by atoms with Crippen LogP contribution in [0.3, 0.4) is 0 Å². The Morgan fingerprint density at radius 3 is 2.56 bits per heavy atom. The van der Waals surface area contributed by atoms with Crippen molar-refractivity contribution in [1.29, 1.82) is 0 Å². The summed E-state index contributed by atoms with van der Waals surface area (Å²) in [5.41, 5.74) is 3.83. The lowest BCUT2D eigenvalue weighted by Gasteiger charge is -2.36. The fourth-order valence-electron chi connectivity index (χ4n) is 4.29. The van der Waals surface area contributed by atoms with E-state index in [1.807, 2.05) is 31.2 Å². The topological polar surface area (TPSA) is 111 Å². The van der Waals surface area contributed by atoms with Gasteiger partial charge in [-0.05, 0) is 46.7 Å². The van der Waals surface area contributed by atoms with Crippen molar-refractivity contribution < 1.29 is 14.3 Å². The fraction of sp³-hybridized carbons (Fsp3) is 0.429. The summed E-state index contributed by atoms with van der Waals surface area (Å²) in [4.78, 5) is 16.4. The number of carbonyl (C=O) groups is 1. The van der Waals surface area contributed by atoms with Crippen molar-refractivity contribution in [2.24, 2.45) is 0 Å². The Balaban J connectivity index is 1.21. The lowest BCUT2D eigenvalue weighted by molar-refractivity contribution is 0.0534. The molecule has 1 saturated heterocycles. The molecular formula is C21H24N8O3. The third-order valence-corrected chi connectivity index (χ3v) is 6.18. The van der Waals surface area contributed by atoms with Gasteiger partial charge < -0.3 is 14.4 Å². The molecule has 5 rings (SSSR count). The zero-order chi connectivity index (χ0) is 22.1. The normalized spacial score (nSPS) is 17.3. The van der Waals surface area contributed by atoms with Gasteiger partial charge in [-0.15, -0.1) is 15.3 Å². The summed E-state index contributed by atoms with van der Waals surface area (Å²) >= 11 is 0.